The highest BCUT2D eigenvalue weighted by atomic mass is 16.5. The van der Waals surface area contributed by atoms with Crippen molar-refractivity contribution in [3.05, 3.63) is 35.9 Å². The van der Waals surface area contributed by atoms with Gasteiger partial charge in [0.05, 0.1) is 12.0 Å². The van der Waals surface area contributed by atoms with Crippen molar-refractivity contribution in [2.75, 3.05) is 6.61 Å². The SMILES string of the molecule is O=C(O)C(Cc1ccccc1)CC1CCCO1. The fourth-order valence-electron chi connectivity index (χ4n) is 2.32. The lowest BCUT2D eigenvalue weighted by Gasteiger charge is -2.16. The van der Waals surface area contributed by atoms with Crippen LogP contribution in [0.4, 0.5) is 0 Å². The highest BCUT2D eigenvalue weighted by molar-refractivity contribution is 5.70. The summed E-state index contributed by atoms with van der Waals surface area (Å²) < 4.78 is 5.51. The van der Waals surface area contributed by atoms with Gasteiger partial charge in [-0.05, 0) is 31.2 Å². The number of hydrogen-bond acceptors (Lipinski definition) is 2. The molecular weight excluding hydrogens is 216 g/mol. The number of carbonyl (C=O) groups is 1. The standard InChI is InChI=1S/C14H18O3/c15-14(16)12(10-13-7-4-8-17-13)9-11-5-2-1-3-6-11/h1-3,5-6,12-13H,4,7-10H2,(H,15,16). The Morgan fingerprint density at radius 3 is 2.76 bits per heavy atom. The number of aliphatic carboxylic acids is 1. The molecule has 0 aromatic heterocycles. The first-order valence-corrected chi connectivity index (χ1v) is 6.14. The van der Waals surface area contributed by atoms with Crippen molar-refractivity contribution in [1.82, 2.24) is 0 Å². The van der Waals surface area contributed by atoms with E-state index >= 15 is 0 Å². The molecule has 2 rings (SSSR count). The molecule has 0 bridgehead atoms. The van der Waals surface area contributed by atoms with Gasteiger partial charge in [0.1, 0.15) is 0 Å². The molecule has 0 radical (unpaired) electrons. The monoisotopic (exact) mass is 234 g/mol. The van der Waals surface area contributed by atoms with E-state index in [0.29, 0.717) is 12.8 Å². The van der Waals surface area contributed by atoms with Gasteiger partial charge in [-0.15, -0.1) is 0 Å². The highest BCUT2D eigenvalue weighted by Gasteiger charge is 2.25. The van der Waals surface area contributed by atoms with Crippen LogP contribution in [-0.2, 0) is 16.0 Å². The maximum absolute atomic E-state index is 11.2. The average molecular weight is 234 g/mol. The van der Waals surface area contributed by atoms with E-state index in [4.69, 9.17) is 4.74 Å². The molecule has 1 aliphatic rings. The van der Waals surface area contributed by atoms with Crippen LogP contribution in [0, 0.1) is 5.92 Å². The molecule has 1 N–H and O–H groups in total. The fraction of sp³-hybridized carbons (Fsp3) is 0.500. The largest absolute Gasteiger partial charge is 0.481 e. The van der Waals surface area contributed by atoms with Crippen molar-refractivity contribution in [3.8, 4) is 0 Å². The third-order valence-corrected chi connectivity index (χ3v) is 3.25. The lowest BCUT2D eigenvalue weighted by atomic mass is 9.93. The predicted molar refractivity (Wildman–Crippen MR) is 64.9 cm³/mol. The van der Waals surface area contributed by atoms with E-state index in [-0.39, 0.29) is 12.0 Å². The highest BCUT2D eigenvalue weighted by Crippen LogP contribution is 2.22. The summed E-state index contributed by atoms with van der Waals surface area (Å²) in [6.45, 7) is 0.780. The molecular formula is C14H18O3. The van der Waals surface area contributed by atoms with Gasteiger partial charge < -0.3 is 9.84 Å². The molecule has 0 amide bonds. The van der Waals surface area contributed by atoms with Gasteiger partial charge in [-0.3, -0.25) is 4.79 Å². The fourth-order valence-corrected chi connectivity index (χ4v) is 2.32. The number of rotatable bonds is 5. The van der Waals surface area contributed by atoms with Gasteiger partial charge >= 0.3 is 5.97 Å². The van der Waals surface area contributed by atoms with Crippen LogP contribution in [0.15, 0.2) is 30.3 Å². The van der Waals surface area contributed by atoms with Gasteiger partial charge in [0.2, 0.25) is 0 Å². The second kappa shape index (κ2) is 5.82. The zero-order valence-corrected chi connectivity index (χ0v) is 9.84. The second-order valence-electron chi connectivity index (χ2n) is 4.60. The summed E-state index contributed by atoms with van der Waals surface area (Å²) in [6.07, 6.45) is 3.42. The first-order chi connectivity index (χ1) is 8.25. The zero-order valence-electron chi connectivity index (χ0n) is 9.84. The summed E-state index contributed by atoms with van der Waals surface area (Å²) in [5, 5.41) is 9.24. The molecule has 1 aromatic carbocycles. The smallest absolute Gasteiger partial charge is 0.306 e. The molecule has 0 aliphatic carbocycles. The molecule has 1 heterocycles. The Kier molecular flexibility index (Phi) is 4.15. The number of hydrogen-bond donors (Lipinski definition) is 1. The van der Waals surface area contributed by atoms with Gasteiger partial charge in [0.25, 0.3) is 0 Å². The molecule has 3 heteroatoms. The molecule has 3 nitrogen and oxygen atoms in total. The number of ether oxygens (including phenoxy) is 1. The summed E-state index contributed by atoms with van der Waals surface area (Å²) in [7, 11) is 0. The lowest BCUT2D eigenvalue weighted by molar-refractivity contribution is -0.142. The third kappa shape index (κ3) is 3.56. The zero-order chi connectivity index (χ0) is 12.1. The topological polar surface area (TPSA) is 46.5 Å². The van der Waals surface area contributed by atoms with E-state index < -0.39 is 5.97 Å². The van der Waals surface area contributed by atoms with Gasteiger partial charge in [0, 0.05) is 6.61 Å². The molecule has 0 saturated carbocycles. The van der Waals surface area contributed by atoms with E-state index in [0.717, 1.165) is 25.0 Å². The lowest BCUT2D eigenvalue weighted by Crippen LogP contribution is -2.22. The number of carboxylic acid groups (broad SMARTS) is 1. The molecule has 17 heavy (non-hydrogen) atoms. The van der Waals surface area contributed by atoms with Crippen molar-refractivity contribution in [2.45, 2.75) is 31.8 Å². The van der Waals surface area contributed by atoms with Crippen LogP contribution in [0.5, 0.6) is 0 Å². The van der Waals surface area contributed by atoms with Crippen LogP contribution in [0.2, 0.25) is 0 Å². The predicted octanol–water partition coefficient (Wildman–Crippen LogP) is 2.50. The van der Waals surface area contributed by atoms with Crippen molar-refractivity contribution >= 4 is 5.97 Å². The quantitative estimate of drug-likeness (QED) is 0.851. The molecule has 2 unspecified atom stereocenters. The van der Waals surface area contributed by atoms with Crippen molar-refractivity contribution in [3.63, 3.8) is 0 Å². The normalized spacial score (nSPS) is 21.3. The van der Waals surface area contributed by atoms with E-state index in [2.05, 4.69) is 0 Å². The average Bonchev–Trinajstić information content (AvgIpc) is 2.82. The van der Waals surface area contributed by atoms with Crippen molar-refractivity contribution in [1.29, 1.82) is 0 Å². The van der Waals surface area contributed by atoms with E-state index in [9.17, 15) is 9.90 Å². The Morgan fingerprint density at radius 2 is 2.18 bits per heavy atom. The maximum atomic E-state index is 11.2. The first kappa shape index (κ1) is 12.1. The summed E-state index contributed by atoms with van der Waals surface area (Å²) in [5.41, 5.74) is 1.08. The van der Waals surface area contributed by atoms with E-state index in [1.54, 1.807) is 0 Å². The molecule has 1 saturated heterocycles. The van der Waals surface area contributed by atoms with Crippen molar-refractivity contribution in [2.24, 2.45) is 5.92 Å². The Morgan fingerprint density at radius 1 is 1.41 bits per heavy atom. The Labute approximate surface area is 101 Å². The van der Waals surface area contributed by atoms with E-state index in [1.807, 2.05) is 30.3 Å². The minimum atomic E-state index is -0.718. The maximum Gasteiger partial charge on any atom is 0.306 e. The Bertz CT molecular complexity index is 355. The third-order valence-electron chi connectivity index (χ3n) is 3.25. The molecule has 1 fully saturated rings. The van der Waals surface area contributed by atoms with Crippen LogP contribution in [0.1, 0.15) is 24.8 Å². The number of carboxylic acids is 1. The first-order valence-electron chi connectivity index (χ1n) is 6.14. The molecule has 92 valence electrons. The number of benzene rings is 1. The van der Waals surface area contributed by atoms with Crippen LogP contribution in [0.25, 0.3) is 0 Å². The molecule has 2 atom stereocenters. The minimum Gasteiger partial charge on any atom is -0.481 e. The van der Waals surface area contributed by atoms with Crippen LogP contribution >= 0.6 is 0 Å². The van der Waals surface area contributed by atoms with Gasteiger partial charge in [-0.1, -0.05) is 30.3 Å². The van der Waals surface area contributed by atoms with E-state index in [1.165, 1.54) is 0 Å². The Balaban J connectivity index is 1.95. The Hall–Kier alpha value is -1.35. The molecule has 1 aliphatic heterocycles. The summed E-state index contributed by atoms with van der Waals surface area (Å²) in [4.78, 5) is 11.2. The minimum absolute atomic E-state index is 0.139. The summed E-state index contributed by atoms with van der Waals surface area (Å²) in [5.74, 6) is -1.05. The van der Waals surface area contributed by atoms with Gasteiger partial charge in [-0.25, -0.2) is 0 Å². The van der Waals surface area contributed by atoms with Crippen LogP contribution < -0.4 is 0 Å². The molecule has 1 aromatic rings. The van der Waals surface area contributed by atoms with Gasteiger partial charge in [0.15, 0.2) is 0 Å². The molecule has 0 spiro atoms. The second-order valence-corrected chi connectivity index (χ2v) is 4.60. The van der Waals surface area contributed by atoms with Gasteiger partial charge in [-0.2, -0.15) is 0 Å². The van der Waals surface area contributed by atoms with Crippen LogP contribution in [-0.4, -0.2) is 23.8 Å². The van der Waals surface area contributed by atoms with Crippen molar-refractivity contribution < 1.29 is 14.6 Å². The summed E-state index contributed by atoms with van der Waals surface area (Å²) >= 11 is 0. The summed E-state index contributed by atoms with van der Waals surface area (Å²) in [6, 6.07) is 9.79. The van der Waals surface area contributed by atoms with Crippen LogP contribution in [0.3, 0.4) is 0 Å².